The summed E-state index contributed by atoms with van der Waals surface area (Å²) in [5.41, 5.74) is 0.0932. The molecule has 142 valence electrons. The predicted molar refractivity (Wildman–Crippen MR) is 96.8 cm³/mol. The van der Waals surface area contributed by atoms with Gasteiger partial charge in [0.05, 0.1) is 23.3 Å². The van der Waals surface area contributed by atoms with E-state index in [4.69, 9.17) is 4.74 Å². The van der Waals surface area contributed by atoms with Crippen LogP contribution in [0.1, 0.15) is 38.9 Å². The lowest BCUT2D eigenvalue weighted by molar-refractivity contribution is 0.0124. The van der Waals surface area contributed by atoms with Crippen LogP contribution < -0.4 is 10.9 Å². The fraction of sp³-hybridized carbons (Fsp3) is 0.500. The average Bonchev–Trinajstić information content (AvgIpc) is 2.55. The first-order valence-electron chi connectivity index (χ1n) is 8.37. The van der Waals surface area contributed by atoms with Gasteiger partial charge in [0.2, 0.25) is 0 Å². The Kier molecular flexibility index (Phi) is 5.99. The zero-order chi connectivity index (χ0) is 19.5. The Labute approximate surface area is 151 Å². The second-order valence-corrected chi connectivity index (χ2v) is 7.17. The van der Waals surface area contributed by atoms with Crippen LogP contribution in [0.25, 0.3) is 10.9 Å². The Bertz CT molecular complexity index is 841. The van der Waals surface area contributed by atoms with E-state index >= 15 is 0 Å². The van der Waals surface area contributed by atoms with Crippen LogP contribution in [0.5, 0.6) is 0 Å². The summed E-state index contributed by atoms with van der Waals surface area (Å²) in [7, 11) is 1.59. The van der Waals surface area contributed by atoms with Crippen LogP contribution in [0.2, 0.25) is 0 Å². The van der Waals surface area contributed by atoms with E-state index in [2.05, 4.69) is 10.3 Å². The van der Waals surface area contributed by atoms with Gasteiger partial charge in [-0.2, -0.15) is 0 Å². The molecule has 26 heavy (non-hydrogen) atoms. The second-order valence-electron chi connectivity index (χ2n) is 7.17. The van der Waals surface area contributed by atoms with Crippen LogP contribution in [-0.2, 0) is 11.8 Å². The van der Waals surface area contributed by atoms with Crippen molar-refractivity contribution in [2.45, 2.75) is 45.0 Å². The standard InChI is InChI=1S/C18H25N3O5/c1-18(2,3)26-17(25)19-8-7-14(22)15(23)11-5-6-13-12(9-11)16(24)21(4)10-20-13/h5-6,9-10,14-15,22-23H,7-8H2,1-4H3,(H,19,25). The molecule has 2 atom stereocenters. The SMILES string of the molecule is Cn1cnc2ccc(C(O)C(O)CCNC(=O)OC(C)(C)C)cc2c1=O. The van der Waals surface area contributed by atoms with E-state index in [1.165, 1.54) is 17.0 Å². The van der Waals surface area contributed by atoms with Crippen molar-refractivity contribution >= 4 is 17.0 Å². The highest BCUT2D eigenvalue weighted by Crippen LogP contribution is 2.21. The van der Waals surface area contributed by atoms with Crippen molar-refractivity contribution in [3.05, 3.63) is 40.4 Å². The molecule has 0 spiro atoms. The number of hydrogen-bond donors (Lipinski definition) is 3. The molecule has 8 nitrogen and oxygen atoms in total. The maximum absolute atomic E-state index is 12.2. The third kappa shape index (κ3) is 5.03. The minimum Gasteiger partial charge on any atom is -0.444 e. The van der Waals surface area contributed by atoms with Gasteiger partial charge in [-0.15, -0.1) is 0 Å². The molecule has 0 radical (unpaired) electrons. The molecule has 0 fully saturated rings. The number of hydrogen-bond acceptors (Lipinski definition) is 6. The summed E-state index contributed by atoms with van der Waals surface area (Å²) in [5.74, 6) is 0. The topological polar surface area (TPSA) is 114 Å². The first kappa shape index (κ1) is 19.9. The number of benzene rings is 1. The summed E-state index contributed by atoms with van der Waals surface area (Å²) in [5, 5.41) is 23.4. The molecule has 2 unspecified atom stereocenters. The van der Waals surface area contributed by atoms with Crippen LogP contribution in [0.4, 0.5) is 4.79 Å². The smallest absolute Gasteiger partial charge is 0.407 e. The van der Waals surface area contributed by atoms with Crippen molar-refractivity contribution in [3.8, 4) is 0 Å². The molecular weight excluding hydrogens is 338 g/mol. The largest absolute Gasteiger partial charge is 0.444 e. The van der Waals surface area contributed by atoms with Crippen LogP contribution in [0.15, 0.2) is 29.3 Å². The van der Waals surface area contributed by atoms with Crippen LogP contribution in [0.3, 0.4) is 0 Å². The van der Waals surface area contributed by atoms with E-state index in [1.807, 2.05) is 0 Å². The van der Waals surface area contributed by atoms with Crippen molar-refractivity contribution in [1.82, 2.24) is 14.9 Å². The van der Waals surface area contributed by atoms with E-state index < -0.39 is 23.9 Å². The monoisotopic (exact) mass is 363 g/mol. The van der Waals surface area contributed by atoms with E-state index in [9.17, 15) is 19.8 Å². The van der Waals surface area contributed by atoms with Gasteiger partial charge in [-0.25, -0.2) is 9.78 Å². The quantitative estimate of drug-likeness (QED) is 0.737. The number of nitrogens with one attached hydrogen (secondary N) is 1. The van der Waals surface area contributed by atoms with Gasteiger partial charge in [-0.05, 0) is 44.9 Å². The zero-order valence-corrected chi connectivity index (χ0v) is 15.4. The van der Waals surface area contributed by atoms with E-state index in [0.717, 1.165) is 0 Å². The molecule has 8 heteroatoms. The molecule has 0 aliphatic carbocycles. The highest BCUT2D eigenvalue weighted by molar-refractivity contribution is 5.78. The zero-order valence-electron chi connectivity index (χ0n) is 15.4. The number of ether oxygens (including phenoxy) is 1. The highest BCUT2D eigenvalue weighted by Gasteiger charge is 2.20. The van der Waals surface area contributed by atoms with Gasteiger partial charge >= 0.3 is 6.09 Å². The first-order valence-corrected chi connectivity index (χ1v) is 8.37. The summed E-state index contributed by atoms with van der Waals surface area (Å²) in [4.78, 5) is 27.9. The fourth-order valence-electron chi connectivity index (χ4n) is 2.43. The molecule has 0 aliphatic heterocycles. The number of nitrogens with zero attached hydrogens (tertiary/aromatic N) is 2. The van der Waals surface area contributed by atoms with Crippen LogP contribution >= 0.6 is 0 Å². The molecule has 0 saturated heterocycles. The number of amides is 1. The lowest BCUT2D eigenvalue weighted by Gasteiger charge is -2.21. The van der Waals surface area contributed by atoms with E-state index in [1.54, 1.807) is 40.0 Å². The predicted octanol–water partition coefficient (Wildman–Crippen LogP) is 1.24. The number of aliphatic hydroxyl groups excluding tert-OH is 2. The number of aryl methyl sites for hydroxylation is 1. The molecule has 1 aromatic heterocycles. The van der Waals surface area contributed by atoms with Gasteiger partial charge in [0.15, 0.2) is 0 Å². The second kappa shape index (κ2) is 7.84. The number of carbonyl (C=O) groups is 1. The summed E-state index contributed by atoms with van der Waals surface area (Å²) in [6.45, 7) is 5.40. The average molecular weight is 363 g/mol. The van der Waals surface area contributed by atoms with Crippen molar-refractivity contribution in [1.29, 1.82) is 0 Å². The summed E-state index contributed by atoms with van der Waals surface area (Å²) >= 11 is 0. The minimum atomic E-state index is -1.19. The van der Waals surface area contributed by atoms with E-state index in [-0.39, 0.29) is 18.5 Å². The van der Waals surface area contributed by atoms with Gasteiger partial charge in [0.25, 0.3) is 5.56 Å². The highest BCUT2D eigenvalue weighted by atomic mass is 16.6. The normalized spacial score (nSPS) is 14.1. The van der Waals surface area contributed by atoms with Gasteiger partial charge < -0.3 is 24.8 Å². The lowest BCUT2D eigenvalue weighted by Crippen LogP contribution is -2.34. The molecule has 0 bridgehead atoms. The van der Waals surface area contributed by atoms with Gasteiger partial charge in [0.1, 0.15) is 11.7 Å². The Hall–Kier alpha value is -2.45. The Morgan fingerprint density at radius 1 is 1.35 bits per heavy atom. The number of rotatable bonds is 5. The first-order chi connectivity index (χ1) is 12.1. The van der Waals surface area contributed by atoms with Crippen molar-refractivity contribution in [2.24, 2.45) is 7.05 Å². The lowest BCUT2D eigenvalue weighted by atomic mass is 10.0. The Balaban J connectivity index is 2.01. The van der Waals surface area contributed by atoms with Crippen LogP contribution in [-0.4, -0.2) is 44.1 Å². The van der Waals surface area contributed by atoms with Gasteiger partial charge in [0, 0.05) is 13.6 Å². The van der Waals surface area contributed by atoms with Gasteiger partial charge in [-0.3, -0.25) is 4.79 Å². The number of aromatic nitrogens is 2. The summed E-state index contributed by atoms with van der Waals surface area (Å²) < 4.78 is 6.45. The number of fused-ring (bicyclic) bond motifs is 1. The molecular formula is C18H25N3O5. The molecule has 2 rings (SSSR count). The van der Waals surface area contributed by atoms with E-state index in [0.29, 0.717) is 16.5 Å². The summed E-state index contributed by atoms with van der Waals surface area (Å²) in [6, 6.07) is 4.77. The molecule has 0 saturated carbocycles. The molecule has 3 N–H and O–H groups in total. The minimum absolute atomic E-state index is 0.128. The number of aliphatic hydroxyl groups is 2. The molecule has 1 aromatic carbocycles. The molecule has 0 aliphatic rings. The molecule has 1 heterocycles. The number of alkyl carbamates (subject to hydrolysis) is 1. The van der Waals surface area contributed by atoms with Crippen molar-refractivity contribution in [2.75, 3.05) is 6.54 Å². The van der Waals surface area contributed by atoms with Gasteiger partial charge in [-0.1, -0.05) is 6.07 Å². The van der Waals surface area contributed by atoms with Crippen molar-refractivity contribution in [3.63, 3.8) is 0 Å². The maximum atomic E-state index is 12.2. The third-order valence-electron chi connectivity index (χ3n) is 3.76. The van der Waals surface area contributed by atoms with Crippen LogP contribution in [0, 0.1) is 0 Å². The third-order valence-corrected chi connectivity index (χ3v) is 3.76. The molecule has 2 aromatic rings. The number of carbonyl (C=O) groups excluding carboxylic acids is 1. The van der Waals surface area contributed by atoms with Crippen molar-refractivity contribution < 1.29 is 19.7 Å². The maximum Gasteiger partial charge on any atom is 0.407 e. The Morgan fingerprint density at radius 2 is 2.04 bits per heavy atom. The summed E-state index contributed by atoms with van der Waals surface area (Å²) in [6.07, 6.45) is -1.33. The Morgan fingerprint density at radius 3 is 2.69 bits per heavy atom. The molecule has 1 amide bonds. The fourth-order valence-corrected chi connectivity index (χ4v) is 2.43.